The lowest BCUT2D eigenvalue weighted by Gasteiger charge is -2.32. The third kappa shape index (κ3) is 9.60. The predicted molar refractivity (Wildman–Crippen MR) is 159 cm³/mol. The van der Waals surface area contributed by atoms with Crippen molar-refractivity contribution >= 4 is 27.5 Å². The van der Waals surface area contributed by atoms with E-state index in [4.69, 9.17) is 4.74 Å². The van der Waals surface area contributed by atoms with Crippen molar-refractivity contribution in [3.8, 4) is 5.75 Å². The lowest BCUT2D eigenvalue weighted by molar-refractivity contribution is -0.141. The second-order valence-electron chi connectivity index (χ2n) is 10.2. The van der Waals surface area contributed by atoms with Crippen molar-refractivity contribution in [3.05, 3.63) is 95.8 Å². The number of nitrogens with one attached hydrogen (secondary N) is 1. The number of anilines is 1. The molecule has 0 fully saturated rings. The van der Waals surface area contributed by atoms with Crippen LogP contribution in [-0.2, 0) is 32.6 Å². The zero-order valence-corrected chi connectivity index (χ0v) is 24.7. The van der Waals surface area contributed by atoms with E-state index in [0.717, 1.165) is 21.7 Å². The first-order valence-corrected chi connectivity index (χ1v) is 15.3. The second kappa shape index (κ2) is 14.6. The molecule has 0 aliphatic rings. The van der Waals surface area contributed by atoms with E-state index >= 15 is 0 Å². The number of methoxy groups -OCH3 is 1. The Bertz CT molecular complexity index is 1400. The number of carbonyl (C=O) groups excluding carboxylic acids is 2. The molecule has 3 rings (SSSR count). The molecule has 0 heterocycles. The van der Waals surface area contributed by atoms with Crippen LogP contribution in [0, 0.1) is 5.82 Å². The summed E-state index contributed by atoms with van der Waals surface area (Å²) in [6, 6.07) is 21.0. The number of sulfonamides is 1. The molecule has 2 amide bonds. The molecular formula is C31H38FN3O5S. The molecule has 0 radical (unpaired) electrons. The first-order valence-electron chi connectivity index (χ1n) is 13.5. The molecule has 0 aliphatic carbocycles. The van der Waals surface area contributed by atoms with Crippen LogP contribution < -0.4 is 14.4 Å². The summed E-state index contributed by atoms with van der Waals surface area (Å²) in [6.45, 7) is 3.90. The highest BCUT2D eigenvalue weighted by atomic mass is 32.2. The second-order valence-corrected chi connectivity index (χ2v) is 12.1. The smallest absolute Gasteiger partial charge is 0.243 e. The Morgan fingerprint density at radius 1 is 0.951 bits per heavy atom. The quantitative estimate of drug-likeness (QED) is 0.301. The maximum atomic E-state index is 13.8. The molecule has 0 bridgehead atoms. The van der Waals surface area contributed by atoms with E-state index in [0.29, 0.717) is 17.9 Å². The van der Waals surface area contributed by atoms with Crippen LogP contribution in [0.15, 0.2) is 78.9 Å². The molecule has 41 heavy (non-hydrogen) atoms. The number of hydrogen-bond acceptors (Lipinski definition) is 5. The van der Waals surface area contributed by atoms with E-state index in [1.165, 1.54) is 24.3 Å². The van der Waals surface area contributed by atoms with Gasteiger partial charge in [-0.1, -0.05) is 42.5 Å². The third-order valence-corrected chi connectivity index (χ3v) is 7.65. The first-order chi connectivity index (χ1) is 19.5. The molecule has 0 aromatic heterocycles. The van der Waals surface area contributed by atoms with Gasteiger partial charge in [-0.05, 0) is 67.8 Å². The Morgan fingerprint density at radius 2 is 1.61 bits per heavy atom. The molecule has 0 saturated heterocycles. The van der Waals surface area contributed by atoms with Gasteiger partial charge in [-0.15, -0.1) is 0 Å². The summed E-state index contributed by atoms with van der Waals surface area (Å²) in [5.74, 6) is -0.414. The van der Waals surface area contributed by atoms with Crippen LogP contribution in [0.4, 0.5) is 10.1 Å². The van der Waals surface area contributed by atoms with Crippen molar-refractivity contribution in [3.63, 3.8) is 0 Å². The Morgan fingerprint density at radius 3 is 2.22 bits per heavy atom. The van der Waals surface area contributed by atoms with Gasteiger partial charge in [0.25, 0.3) is 0 Å². The summed E-state index contributed by atoms with van der Waals surface area (Å²) < 4.78 is 45.0. The SMILES string of the molecule is COc1cccc(CN(C(=O)CCCN(c2ccc(F)cc2)S(C)(=O)=O)C(Cc2ccccc2)C(=O)NC(C)C)c1. The molecule has 1 atom stereocenters. The fourth-order valence-corrected chi connectivity index (χ4v) is 5.48. The minimum atomic E-state index is -3.68. The summed E-state index contributed by atoms with van der Waals surface area (Å²) in [4.78, 5) is 28.9. The molecule has 1 unspecified atom stereocenters. The minimum absolute atomic E-state index is 0.00255. The van der Waals surface area contributed by atoms with Crippen molar-refractivity contribution in [1.29, 1.82) is 0 Å². The monoisotopic (exact) mass is 583 g/mol. The zero-order valence-electron chi connectivity index (χ0n) is 23.9. The number of carbonyl (C=O) groups is 2. The highest BCUT2D eigenvalue weighted by Gasteiger charge is 2.31. The summed E-state index contributed by atoms with van der Waals surface area (Å²) in [6.07, 6.45) is 1.57. The van der Waals surface area contributed by atoms with Crippen molar-refractivity contribution in [2.45, 2.75) is 51.7 Å². The predicted octanol–water partition coefficient (Wildman–Crippen LogP) is 4.55. The van der Waals surface area contributed by atoms with Crippen LogP contribution in [0.1, 0.15) is 37.8 Å². The number of nitrogens with zero attached hydrogens (tertiary/aromatic N) is 2. The van der Waals surface area contributed by atoms with Gasteiger partial charge < -0.3 is 15.0 Å². The van der Waals surface area contributed by atoms with Gasteiger partial charge in [0.1, 0.15) is 17.6 Å². The molecular weight excluding hydrogens is 545 g/mol. The van der Waals surface area contributed by atoms with E-state index in [1.54, 1.807) is 18.1 Å². The maximum absolute atomic E-state index is 13.8. The van der Waals surface area contributed by atoms with Gasteiger partial charge in [0.2, 0.25) is 21.8 Å². The Kier molecular flexibility index (Phi) is 11.3. The first kappa shape index (κ1) is 31.6. The van der Waals surface area contributed by atoms with E-state index < -0.39 is 21.9 Å². The van der Waals surface area contributed by atoms with Crippen LogP contribution >= 0.6 is 0 Å². The van der Waals surface area contributed by atoms with Crippen molar-refractivity contribution in [1.82, 2.24) is 10.2 Å². The summed E-state index contributed by atoms with van der Waals surface area (Å²) in [5, 5.41) is 2.95. The number of ether oxygens (including phenoxy) is 1. The van der Waals surface area contributed by atoms with Crippen LogP contribution in [0.5, 0.6) is 5.75 Å². The summed E-state index contributed by atoms with van der Waals surface area (Å²) >= 11 is 0. The van der Waals surface area contributed by atoms with Gasteiger partial charge in [0.05, 0.1) is 19.1 Å². The number of benzene rings is 3. The molecule has 220 valence electrons. The normalized spacial score (nSPS) is 12.0. The molecule has 10 heteroatoms. The van der Waals surface area contributed by atoms with E-state index in [-0.39, 0.29) is 43.8 Å². The standard InChI is InChI=1S/C31H38FN3O5S/c1-23(2)33-31(37)29(21-24-10-6-5-7-11-24)34(22-25-12-8-13-28(20-25)40-3)30(36)14-9-19-35(41(4,38)39)27-17-15-26(32)16-18-27/h5-8,10-13,15-18,20,23,29H,9,14,19,21-22H2,1-4H3,(H,33,37). The van der Waals surface area contributed by atoms with Gasteiger partial charge in [-0.25, -0.2) is 12.8 Å². The fourth-order valence-electron chi connectivity index (χ4n) is 4.51. The number of rotatable bonds is 14. The Balaban J connectivity index is 1.89. The maximum Gasteiger partial charge on any atom is 0.243 e. The minimum Gasteiger partial charge on any atom is -0.497 e. The zero-order chi connectivity index (χ0) is 30.0. The topological polar surface area (TPSA) is 96.0 Å². The average Bonchev–Trinajstić information content (AvgIpc) is 2.93. The van der Waals surface area contributed by atoms with Crippen LogP contribution in [-0.4, -0.2) is 57.1 Å². The number of amides is 2. The van der Waals surface area contributed by atoms with Gasteiger partial charge >= 0.3 is 0 Å². The molecule has 8 nitrogen and oxygen atoms in total. The van der Waals surface area contributed by atoms with Crippen LogP contribution in [0.25, 0.3) is 0 Å². The van der Waals surface area contributed by atoms with Crippen molar-refractivity contribution in [2.75, 3.05) is 24.2 Å². The van der Waals surface area contributed by atoms with Crippen LogP contribution in [0.3, 0.4) is 0 Å². The van der Waals surface area contributed by atoms with Gasteiger partial charge in [-0.2, -0.15) is 0 Å². The Labute approximate surface area is 242 Å². The molecule has 0 spiro atoms. The lowest BCUT2D eigenvalue weighted by Crippen LogP contribution is -2.51. The van der Waals surface area contributed by atoms with Gasteiger partial charge in [0.15, 0.2) is 0 Å². The highest BCUT2D eigenvalue weighted by Crippen LogP contribution is 2.22. The number of halogens is 1. The largest absolute Gasteiger partial charge is 0.497 e. The fraction of sp³-hybridized carbons (Fsp3) is 0.355. The molecule has 3 aromatic rings. The van der Waals surface area contributed by atoms with E-state index in [2.05, 4.69) is 5.32 Å². The molecule has 1 N–H and O–H groups in total. The third-order valence-electron chi connectivity index (χ3n) is 6.46. The van der Waals surface area contributed by atoms with Gasteiger partial charge in [-0.3, -0.25) is 13.9 Å². The van der Waals surface area contributed by atoms with Crippen molar-refractivity contribution < 1.29 is 27.1 Å². The molecule has 0 aliphatic heterocycles. The molecule has 0 saturated carbocycles. The van der Waals surface area contributed by atoms with Crippen LogP contribution in [0.2, 0.25) is 0 Å². The summed E-state index contributed by atoms with van der Waals surface area (Å²) in [7, 11) is -2.12. The molecule has 3 aromatic carbocycles. The van der Waals surface area contributed by atoms with E-state index in [9.17, 15) is 22.4 Å². The highest BCUT2D eigenvalue weighted by molar-refractivity contribution is 7.92. The van der Waals surface area contributed by atoms with E-state index in [1.807, 2.05) is 62.4 Å². The Hall–Kier alpha value is -3.92. The number of hydrogen-bond donors (Lipinski definition) is 1. The summed E-state index contributed by atoms with van der Waals surface area (Å²) in [5.41, 5.74) is 2.00. The lowest BCUT2D eigenvalue weighted by atomic mass is 10.0. The van der Waals surface area contributed by atoms with Crippen molar-refractivity contribution in [2.24, 2.45) is 0 Å². The van der Waals surface area contributed by atoms with Gasteiger partial charge in [0, 0.05) is 32.0 Å². The average molecular weight is 584 g/mol.